The van der Waals surface area contributed by atoms with Gasteiger partial charge in [-0.1, -0.05) is 0 Å². The Morgan fingerprint density at radius 3 is 1.06 bits per heavy atom. The molecule has 2 N–H and O–H groups in total. The Kier molecular flexibility index (Phi) is 6.29. The van der Waals surface area contributed by atoms with Gasteiger partial charge in [0.15, 0.2) is 0 Å². The first-order chi connectivity index (χ1) is 17.3. The van der Waals surface area contributed by atoms with Crippen LogP contribution in [0.15, 0.2) is 48.5 Å². The third kappa shape index (κ3) is 4.86. The molecule has 0 aliphatic carbocycles. The molecule has 2 aliphatic rings. The number of rotatable bonds is 0. The van der Waals surface area contributed by atoms with E-state index < -0.39 is 33.6 Å². The summed E-state index contributed by atoms with van der Waals surface area (Å²) < 4.78 is 60.1. The van der Waals surface area contributed by atoms with Crippen LogP contribution in [0.3, 0.4) is 0 Å². The van der Waals surface area contributed by atoms with Gasteiger partial charge in [-0.15, -0.1) is 0 Å². The average molecular weight is 536 g/mol. The number of H-pyrrole nitrogens is 2. The molecule has 6 rings (SSSR count). The molecule has 0 radical (unpaired) electrons. The molecule has 4 aromatic rings. The summed E-state index contributed by atoms with van der Waals surface area (Å²) in [6.45, 7) is 0. The van der Waals surface area contributed by atoms with Gasteiger partial charge in [-0.25, -0.2) is 9.97 Å². The van der Waals surface area contributed by atoms with Crippen molar-refractivity contribution in [2.24, 2.45) is 0 Å². The van der Waals surface area contributed by atoms with Crippen LogP contribution in [0.5, 0.6) is 0 Å². The fourth-order valence-corrected chi connectivity index (χ4v) is 3.74. The van der Waals surface area contributed by atoms with Crippen molar-refractivity contribution in [3.8, 4) is 0 Å². The number of aromatic nitrogens is 4. The van der Waals surface area contributed by atoms with Gasteiger partial charge >= 0.3 is 71.3 Å². The quantitative estimate of drug-likeness (QED) is 0.138. The summed E-state index contributed by atoms with van der Waals surface area (Å²) in [6, 6.07) is 16.4. The first-order valence-electron chi connectivity index (χ1n) is 10.5. The van der Waals surface area contributed by atoms with E-state index in [1.807, 2.05) is 48.6 Å². The van der Waals surface area contributed by atoms with Crippen LogP contribution in [0.2, 0.25) is 0 Å². The van der Waals surface area contributed by atoms with Gasteiger partial charge < -0.3 is 9.97 Å². The van der Waals surface area contributed by atoms with Gasteiger partial charge in [0, 0.05) is 22.1 Å². The van der Waals surface area contributed by atoms with E-state index in [4.69, 9.17) is 0 Å². The second-order valence-electron chi connectivity index (χ2n) is 7.77. The second-order valence-corrected chi connectivity index (χ2v) is 8.29. The summed E-state index contributed by atoms with van der Waals surface area (Å²) in [5.41, 5.74) is 7.86. The van der Waals surface area contributed by atoms with Gasteiger partial charge in [-0.05, 0) is 72.8 Å². The number of nitrogens with one attached hydrogen (secondary N) is 2. The average Bonchev–Trinajstić information content (AvgIpc) is 3.67. The van der Waals surface area contributed by atoms with Gasteiger partial charge in [0.1, 0.15) is 0 Å². The summed E-state index contributed by atoms with van der Waals surface area (Å²) in [5, 5.41) is 0. The SMILES string of the molecule is C1=Cc2cc3ccc(cc4nc(cc5ccc(cc1n2)[nH]5)C=C4)[nH]3.Fc1c(F)c(F)[c]([Co])c(F)c1F. The van der Waals surface area contributed by atoms with E-state index in [0.717, 1.165) is 44.8 Å². The molecule has 0 saturated carbocycles. The van der Waals surface area contributed by atoms with E-state index in [1.165, 1.54) is 0 Å². The Labute approximate surface area is 208 Å². The van der Waals surface area contributed by atoms with Crippen LogP contribution in [0.25, 0.3) is 46.4 Å². The predicted octanol–water partition coefficient (Wildman–Crippen LogP) is 6.21. The third-order valence-electron chi connectivity index (χ3n) is 5.18. The molecule has 0 amide bonds. The van der Waals surface area contributed by atoms with E-state index in [1.54, 1.807) is 0 Å². The molecule has 0 fully saturated rings. The van der Waals surface area contributed by atoms with Crippen LogP contribution < -0.4 is 4.50 Å². The number of benzene rings is 1. The zero-order chi connectivity index (χ0) is 25.4. The number of aromatic amines is 2. The van der Waals surface area contributed by atoms with Crippen molar-refractivity contribution in [2.75, 3.05) is 0 Å². The summed E-state index contributed by atoms with van der Waals surface area (Å²) in [7, 11) is 0. The molecule has 1 aromatic carbocycles. The normalized spacial score (nSPS) is 12.0. The summed E-state index contributed by atoms with van der Waals surface area (Å²) in [5.74, 6) is -10.0. The topological polar surface area (TPSA) is 57.4 Å². The minimum absolute atomic E-state index is 0.939. The molecule has 8 bridgehead atoms. The van der Waals surface area contributed by atoms with E-state index in [9.17, 15) is 22.0 Å². The molecule has 182 valence electrons. The van der Waals surface area contributed by atoms with Crippen LogP contribution >= 0.6 is 0 Å². The van der Waals surface area contributed by atoms with Crippen molar-refractivity contribution in [3.63, 3.8) is 0 Å². The molecule has 5 heterocycles. The molecule has 0 atom stereocenters. The van der Waals surface area contributed by atoms with Crippen LogP contribution in [0.4, 0.5) is 22.0 Å². The summed E-state index contributed by atoms with van der Waals surface area (Å²) >= 11 is 3.15. The van der Waals surface area contributed by atoms with Crippen molar-refractivity contribution >= 4 is 50.9 Å². The molecule has 2 aliphatic heterocycles. The number of hydrogen-bond donors (Lipinski definition) is 2. The maximum atomic E-state index is 12.3. The maximum absolute atomic E-state index is 12.3. The Bertz CT molecular complexity index is 1440. The Hall–Kier alpha value is -4.02. The van der Waals surface area contributed by atoms with Gasteiger partial charge in [0.25, 0.3) is 0 Å². The zero-order valence-electron chi connectivity index (χ0n) is 18.0. The van der Waals surface area contributed by atoms with E-state index >= 15 is 0 Å². The second kappa shape index (κ2) is 9.55. The van der Waals surface area contributed by atoms with Crippen LogP contribution in [-0.4, -0.2) is 19.9 Å². The summed E-state index contributed by atoms with van der Waals surface area (Å²) in [4.78, 5) is 16.0. The molecule has 4 nitrogen and oxygen atoms in total. The Morgan fingerprint density at radius 2 is 0.750 bits per heavy atom. The van der Waals surface area contributed by atoms with Crippen molar-refractivity contribution < 1.29 is 37.7 Å². The monoisotopic (exact) mass is 536 g/mol. The molecule has 10 heteroatoms. The minimum atomic E-state index is -2.18. The van der Waals surface area contributed by atoms with Gasteiger partial charge in [-0.2, -0.15) is 0 Å². The van der Waals surface area contributed by atoms with Crippen molar-refractivity contribution in [2.45, 2.75) is 0 Å². The van der Waals surface area contributed by atoms with Crippen molar-refractivity contribution in [3.05, 3.63) is 100 Å². The van der Waals surface area contributed by atoms with Crippen LogP contribution in [0, 0.1) is 29.1 Å². The molecule has 0 unspecified atom stereocenters. The van der Waals surface area contributed by atoms with Gasteiger partial charge in [0.2, 0.25) is 0 Å². The van der Waals surface area contributed by atoms with Crippen LogP contribution in [0.1, 0.15) is 22.8 Å². The van der Waals surface area contributed by atoms with Crippen molar-refractivity contribution in [1.82, 2.24) is 19.9 Å². The Balaban J connectivity index is 0.000000189. The number of nitrogens with zero attached hydrogens (tertiary/aromatic N) is 2. The molecule has 36 heavy (non-hydrogen) atoms. The predicted molar refractivity (Wildman–Crippen MR) is 125 cm³/mol. The third-order valence-corrected chi connectivity index (χ3v) is 5.64. The first kappa shape index (κ1) is 23.7. The van der Waals surface area contributed by atoms with E-state index in [2.05, 4.69) is 59.9 Å². The number of halogens is 5. The Morgan fingerprint density at radius 1 is 0.472 bits per heavy atom. The van der Waals surface area contributed by atoms with E-state index in [0.29, 0.717) is 0 Å². The summed E-state index contributed by atoms with van der Waals surface area (Å²) in [6.07, 6.45) is 8.09. The van der Waals surface area contributed by atoms with Crippen molar-refractivity contribution in [1.29, 1.82) is 0 Å². The van der Waals surface area contributed by atoms with Gasteiger partial charge in [-0.3, -0.25) is 0 Å². The van der Waals surface area contributed by atoms with E-state index in [-0.39, 0.29) is 0 Å². The molecule has 0 spiro atoms. The standard InChI is InChI=1S/C20H14N4.C6F5.Co/c1-2-14-10-16-5-6-18(23-16)12-20-8-7-19(24-20)11-17-4-3-15(22-17)9-13(1)21-14;7-2-1-3(8)5(10)6(11)4(2)9;/h1-12,21,24H;;. The molecule has 0 saturated heterocycles. The number of hydrogen-bond acceptors (Lipinski definition) is 2. The number of fused-ring (bicyclic) bond motifs is 8. The molecule has 3 aromatic heterocycles. The zero-order valence-corrected chi connectivity index (χ0v) is 19.1. The fourth-order valence-electron chi connectivity index (χ4n) is 3.51. The van der Waals surface area contributed by atoms with Gasteiger partial charge in [0.05, 0.1) is 22.8 Å². The van der Waals surface area contributed by atoms with Crippen LogP contribution in [-0.2, 0) is 15.7 Å². The molecular formula is C26H14CoF5N4. The first-order valence-corrected chi connectivity index (χ1v) is 11.0. The fraction of sp³-hybridized carbons (Fsp3) is 0. The molecular weight excluding hydrogens is 522 g/mol.